The van der Waals surface area contributed by atoms with Gasteiger partial charge in [-0.25, -0.2) is 0 Å². The van der Waals surface area contributed by atoms with Gasteiger partial charge in [0.1, 0.15) is 13.2 Å². The maximum atomic E-state index is 12.9. The first-order valence-corrected chi connectivity index (χ1v) is 31.8. The number of hydrogen-bond donors (Lipinski definition) is 0. The highest BCUT2D eigenvalue weighted by molar-refractivity contribution is 5.71. The summed E-state index contributed by atoms with van der Waals surface area (Å²) >= 11 is 0. The van der Waals surface area contributed by atoms with Crippen LogP contribution in [-0.2, 0) is 28.6 Å². The lowest BCUT2D eigenvalue weighted by Gasteiger charge is -2.18. The van der Waals surface area contributed by atoms with E-state index >= 15 is 0 Å². The van der Waals surface area contributed by atoms with Gasteiger partial charge >= 0.3 is 17.9 Å². The van der Waals surface area contributed by atoms with E-state index in [0.717, 1.165) is 89.9 Å². The van der Waals surface area contributed by atoms with Crippen molar-refractivity contribution in [2.75, 3.05) is 13.2 Å². The van der Waals surface area contributed by atoms with E-state index in [-0.39, 0.29) is 31.1 Å². The van der Waals surface area contributed by atoms with E-state index < -0.39 is 6.10 Å². The molecule has 0 aromatic rings. The fourth-order valence-electron chi connectivity index (χ4n) is 9.25. The molecule has 6 heteroatoms. The van der Waals surface area contributed by atoms with Crippen LogP contribution in [-0.4, -0.2) is 37.2 Å². The van der Waals surface area contributed by atoms with Crippen LogP contribution >= 0.6 is 0 Å². The molecule has 0 saturated carbocycles. The Balaban J connectivity index is 4.27. The van der Waals surface area contributed by atoms with Gasteiger partial charge in [-0.3, -0.25) is 14.4 Å². The molecular weight excluding hydrogens is 901 g/mol. The summed E-state index contributed by atoms with van der Waals surface area (Å²) in [7, 11) is 0. The van der Waals surface area contributed by atoms with Crippen molar-refractivity contribution in [3.63, 3.8) is 0 Å². The second-order valence-corrected chi connectivity index (χ2v) is 21.3. The lowest BCUT2D eigenvalue weighted by atomic mass is 10.0. The Morgan fingerprint density at radius 2 is 0.534 bits per heavy atom. The Labute approximate surface area is 453 Å². The molecule has 1 atom stereocenters. The molecule has 0 bridgehead atoms. The zero-order valence-electron chi connectivity index (χ0n) is 48.7. The zero-order valence-corrected chi connectivity index (χ0v) is 48.7. The Morgan fingerprint density at radius 1 is 0.288 bits per heavy atom. The van der Waals surface area contributed by atoms with Gasteiger partial charge in [0.05, 0.1) is 0 Å². The van der Waals surface area contributed by atoms with Crippen molar-refractivity contribution >= 4 is 17.9 Å². The quantitative estimate of drug-likeness (QED) is 0.0261. The molecule has 6 nitrogen and oxygen atoms in total. The van der Waals surface area contributed by atoms with Crippen molar-refractivity contribution in [3.05, 3.63) is 60.8 Å². The topological polar surface area (TPSA) is 78.9 Å². The zero-order chi connectivity index (χ0) is 52.9. The molecule has 73 heavy (non-hydrogen) atoms. The van der Waals surface area contributed by atoms with Gasteiger partial charge in [-0.2, -0.15) is 0 Å². The van der Waals surface area contributed by atoms with Crippen molar-refractivity contribution in [3.8, 4) is 0 Å². The van der Waals surface area contributed by atoms with Crippen molar-refractivity contribution in [1.29, 1.82) is 0 Å². The predicted molar refractivity (Wildman–Crippen MR) is 316 cm³/mol. The van der Waals surface area contributed by atoms with Crippen molar-refractivity contribution < 1.29 is 28.6 Å². The number of ether oxygens (including phenoxy) is 3. The van der Waals surface area contributed by atoms with E-state index in [9.17, 15) is 14.4 Å². The van der Waals surface area contributed by atoms with Crippen LogP contribution in [0.3, 0.4) is 0 Å². The van der Waals surface area contributed by atoms with Crippen LogP contribution in [0.25, 0.3) is 0 Å². The monoisotopic (exact) mass is 1020 g/mol. The van der Waals surface area contributed by atoms with Crippen molar-refractivity contribution in [2.24, 2.45) is 0 Å². The summed E-state index contributed by atoms with van der Waals surface area (Å²) in [6, 6.07) is 0. The molecule has 0 aromatic carbocycles. The summed E-state index contributed by atoms with van der Waals surface area (Å²) < 4.78 is 16.9. The predicted octanol–water partition coefficient (Wildman–Crippen LogP) is 21.6. The number of unbranched alkanes of at least 4 members (excludes halogenated alkanes) is 37. The van der Waals surface area contributed by atoms with Crippen LogP contribution in [0.15, 0.2) is 60.8 Å². The third-order valence-electron chi connectivity index (χ3n) is 14.0. The first-order valence-electron chi connectivity index (χ1n) is 31.8. The smallest absolute Gasteiger partial charge is 0.306 e. The average molecular weight is 1020 g/mol. The Hall–Kier alpha value is -2.89. The van der Waals surface area contributed by atoms with E-state index in [1.54, 1.807) is 0 Å². The third-order valence-corrected chi connectivity index (χ3v) is 14.0. The normalized spacial score (nSPS) is 12.4. The highest BCUT2D eigenvalue weighted by Crippen LogP contribution is 2.17. The van der Waals surface area contributed by atoms with Crippen LogP contribution in [0.5, 0.6) is 0 Å². The van der Waals surface area contributed by atoms with Gasteiger partial charge in [-0.15, -0.1) is 0 Å². The Morgan fingerprint density at radius 3 is 0.849 bits per heavy atom. The van der Waals surface area contributed by atoms with Gasteiger partial charge in [0.25, 0.3) is 0 Å². The van der Waals surface area contributed by atoms with E-state index in [4.69, 9.17) is 14.2 Å². The Kier molecular flexibility index (Phi) is 59.2. The molecule has 0 spiro atoms. The number of carbonyl (C=O) groups is 3. The largest absolute Gasteiger partial charge is 0.462 e. The molecule has 0 rings (SSSR count). The van der Waals surface area contributed by atoms with E-state index in [0.29, 0.717) is 19.3 Å². The summed E-state index contributed by atoms with van der Waals surface area (Å²) in [4.78, 5) is 38.2. The SMILES string of the molecule is CC/C=C\C/C=C\C/C=C\C/C=C\CCCCCCCCCCC(=O)OC(COC(=O)CCCCCCCCCCCCC)COC(=O)CCCCCCCCCCCCC/C=C\CCCCCCCCCC. The minimum absolute atomic E-state index is 0.0745. The van der Waals surface area contributed by atoms with Gasteiger partial charge in [0.2, 0.25) is 0 Å². The molecule has 0 saturated heterocycles. The molecule has 1 unspecified atom stereocenters. The molecule has 0 radical (unpaired) electrons. The summed E-state index contributed by atoms with van der Waals surface area (Å²) in [5, 5.41) is 0. The van der Waals surface area contributed by atoms with Gasteiger partial charge < -0.3 is 14.2 Å². The minimum atomic E-state index is -0.777. The third kappa shape index (κ3) is 59.9. The molecule has 0 aromatic heterocycles. The summed E-state index contributed by atoms with van der Waals surface area (Å²) in [5.41, 5.74) is 0. The molecule has 0 N–H and O–H groups in total. The number of esters is 3. The number of carbonyl (C=O) groups excluding carboxylic acids is 3. The molecule has 0 aliphatic carbocycles. The van der Waals surface area contributed by atoms with Gasteiger partial charge in [0.15, 0.2) is 6.10 Å². The highest BCUT2D eigenvalue weighted by Gasteiger charge is 2.19. The van der Waals surface area contributed by atoms with Crippen molar-refractivity contribution in [1.82, 2.24) is 0 Å². The van der Waals surface area contributed by atoms with Crippen LogP contribution in [0.2, 0.25) is 0 Å². The van der Waals surface area contributed by atoms with Gasteiger partial charge in [-0.1, -0.05) is 287 Å². The number of hydrogen-bond acceptors (Lipinski definition) is 6. The fraction of sp³-hybridized carbons (Fsp3) is 0.806. The second-order valence-electron chi connectivity index (χ2n) is 21.3. The molecule has 0 aliphatic rings. The van der Waals surface area contributed by atoms with Gasteiger partial charge in [-0.05, 0) is 83.5 Å². The molecular formula is C67H120O6. The van der Waals surface area contributed by atoms with Gasteiger partial charge in [0, 0.05) is 19.3 Å². The number of rotatable bonds is 58. The lowest BCUT2D eigenvalue weighted by Crippen LogP contribution is -2.30. The van der Waals surface area contributed by atoms with Crippen LogP contribution in [0, 0.1) is 0 Å². The molecule has 0 fully saturated rings. The first-order chi connectivity index (χ1) is 36.0. The van der Waals surface area contributed by atoms with Crippen LogP contribution in [0.4, 0.5) is 0 Å². The highest BCUT2D eigenvalue weighted by atomic mass is 16.6. The maximum absolute atomic E-state index is 12.9. The Bertz CT molecular complexity index is 1310. The van der Waals surface area contributed by atoms with E-state index in [2.05, 4.69) is 81.5 Å². The average Bonchev–Trinajstić information content (AvgIpc) is 3.39. The lowest BCUT2D eigenvalue weighted by molar-refractivity contribution is -0.167. The minimum Gasteiger partial charge on any atom is -0.462 e. The second kappa shape index (κ2) is 61.7. The van der Waals surface area contributed by atoms with E-state index in [1.807, 2.05) is 0 Å². The van der Waals surface area contributed by atoms with Crippen LogP contribution < -0.4 is 0 Å². The molecule has 424 valence electrons. The first kappa shape index (κ1) is 70.1. The fourth-order valence-corrected chi connectivity index (χ4v) is 9.25. The summed E-state index contributed by atoms with van der Waals surface area (Å²) in [6.07, 6.45) is 78.0. The standard InChI is InChI=1S/C67H120O6/c1-4-7-10-13-16-19-22-24-26-28-30-32-33-35-36-38-40-42-45-48-51-54-57-60-66(69)72-63-64(62-71-65(68)59-56-53-50-47-44-21-18-15-12-9-6-3)73-67(70)61-58-55-52-49-46-43-41-39-37-34-31-29-27-25-23-20-17-14-11-8-5-2/h8,11,17,20,25,27-28,30-31,34,64H,4-7,9-10,12-16,18-19,21-24,26,29,32-33,35-63H2,1-3H3/b11-8-,20-17-,27-25-,30-28-,34-31-. The van der Waals surface area contributed by atoms with Crippen LogP contribution in [0.1, 0.15) is 329 Å². The molecule has 0 amide bonds. The molecule has 0 aliphatic heterocycles. The van der Waals surface area contributed by atoms with E-state index in [1.165, 1.54) is 199 Å². The molecule has 0 heterocycles. The number of allylic oxidation sites excluding steroid dienone is 10. The summed E-state index contributed by atoms with van der Waals surface area (Å²) in [5.74, 6) is -0.867. The summed E-state index contributed by atoms with van der Waals surface area (Å²) in [6.45, 7) is 6.56. The van der Waals surface area contributed by atoms with Crippen molar-refractivity contribution in [2.45, 2.75) is 335 Å². The maximum Gasteiger partial charge on any atom is 0.306 e.